The summed E-state index contributed by atoms with van der Waals surface area (Å²) in [5.41, 5.74) is 1.77. The summed E-state index contributed by atoms with van der Waals surface area (Å²) >= 11 is 0. The van der Waals surface area contributed by atoms with Crippen molar-refractivity contribution in [3.8, 4) is 0 Å². The zero-order valence-electron chi connectivity index (χ0n) is 16.1. The van der Waals surface area contributed by atoms with Gasteiger partial charge in [0.15, 0.2) is 0 Å². The van der Waals surface area contributed by atoms with Gasteiger partial charge in [-0.15, -0.1) is 12.4 Å². The number of hydrogen-bond acceptors (Lipinski definition) is 5. The van der Waals surface area contributed by atoms with Crippen LogP contribution in [-0.4, -0.2) is 48.7 Å². The van der Waals surface area contributed by atoms with Gasteiger partial charge in [0.1, 0.15) is 12.0 Å². The van der Waals surface area contributed by atoms with E-state index in [9.17, 15) is 9.59 Å². The quantitative estimate of drug-likeness (QED) is 0.564. The average Bonchev–Trinajstić information content (AvgIpc) is 2.93. The van der Waals surface area contributed by atoms with Crippen LogP contribution in [0.15, 0.2) is 42.0 Å². The molecule has 0 N–H and O–H groups in total. The maximum absolute atomic E-state index is 12.5. The monoisotopic (exact) mass is 393 g/mol. The number of carbonyl (C=O) groups is 2. The number of hydrogen-bond donors (Lipinski definition) is 0. The summed E-state index contributed by atoms with van der Waals surface area (Å²) in [6.07, 6.45) is 4.38. The van der Waals surface area contributed by atoms with Gasteiger partial charge in [-0.2, -0.15) is 0 Å². The second-order valence-electron chi connectivity index (χ2n) is 7.37. The second-order valence-corrected chi connectivity index (χ2v) is 7.37. The van der Waals surface area contributed by atoms with E-state index in [1.807, 2.05) is 6.07 Å². The fourth-order valence-electron chi connectivity index (χ4n) is 4.19. The highest BCUT2D eigenvalue weighted by Gasteiger charge is 2.51. The van der Waals surface area contributed by atoms with E-state index in [0.29, 0.717) is 18.0 Å². The maximum Gasteiger partial charge on any atom is 0.338 e. The van der Waals surface area contributed by atoms with Crippen LogP contribution in [0.1, 0.15) is 43.5 Å². The minimum Gasteiger partial charge on any atom is -0.469 e. The molecule has 2 heterocycles. The number of carbonyl (C=O) groups excluding carboxylic acids is 2. The van der Waals surface area contributed by atoms with E-state index in [0.717, 1.165) is 19.4 Å². The van der Waals surface area contributed by atoms with Crippen LogP contribution in [-0.2, 0) is 14.3 Å². The van der Waals surface area contributed by atoms with E-state index in [1.54, 1.807) is 24.3 Å². The van der Waals surface area contributed by atoms with Crippen LogP contribution in [0.4, 0.5) is 0 Å². The van der Waals surface area contributed by atoms with E-state index in [2.05, 4.69) is 24.8 Å². The smallest absolute Gasteiger partial charge is 0.338 e. The Morgan fingerprint density at radius 1 is 1.19 bits per heavy atom. The van der Waals surface area contributed by atoms with Crippen LogP contribution in [0, 0.1) is 5.92 Å². The van der Waals surface area contributed by atoms with Crippen molar-refractivity contribution >= 4 is 24.3 Å². The zero-order valence-corrected chi connectivity index (χ0v) is 16.9. The summed E-state index contributed by atoms with van der Waals surface area (Å²) in [5, 5.41) is 0. The number of benzene rings is 1. The lowest BCUT2D eigenvalue weighted by Gasteiger charge is -2.42. The van der Waals surface area contributed by atoms with Crippen molar-refractivity contribution in [1.82, 2.24) is 4.90 Å². The molecule has 0 saturated carbocycles. The number of methoxy groups -OCH3 is 1. The Morgan fingerprint density at radius 2 is 1.89 bits per heavy atom. The third-order valence-electron chi connectivity index (χ3n) is 5.46. The Labute approximate surface area is 167 Å². The third kappa shape index (κ3) is 4.71. The number of allylic oxidation sites excluding steroid dienone is 1. The maximum atomic E-state index is 12.5. The number of esters is 2. The Morgan fingerprint density at radius 3 is 2.52 bits per heavy atom. The highest BCUT2D eigenvalue weighted by atomic mass is 35.5. The van der Waals surface area contributed by atoms with Gasteiger partial charge in [-0.05, 0) is 38.8 Å². The van der Waals surface area contributed by atoms with Crippen LogP contribution in [0.25, 0.3) is 0 Å². The molecule has 4 atom stereocenters. The average molecular weight is 394 g/mol. The fourth-order valence-corrected chi connectivity index (χ4v) is 4.19. The molecule has 2 aliphatic rings. The molecule has 0 aliphatic carbocycles. The van der Waals surface area contributed by atoms with Gasteiger partial charge in [0.2, 0.25) is 0 Å². The highest BCUT2D eigenvalue weighted by Crippen LogP contribution is 2.41. The minimum absolute atomic E-state index is 0. The van der Waals surface area contributed by atoms with Crippen molar-refractivity contribution in [3.63, 3.8) is 0 Å². The van der Waals surface area contributed by atoms with Crippen LogP contribution in [0.2, 0.25) is 0 Å². The normalized spacial score (nSPS) is 26.6. The molecule has 0 amide bonds. The van der Waals surface area contributed by atoms with Crippen molar-refractivity contribution < 1.29 is 19.1 Å². The molecule has 1 aromatic carbocycles. The first kappa shape index (κ1) is 21.5. The van der Waals surface area contributed by atoms with Crippen molar-refractivity contribution in [2.45, 2.75) is 51.3 Å². The van der Waals surface area contributed by atoms with E-state index >= 15 is 0 Å². The summed E-state index contributed by atoms with van der Waals surface area (Å²) in [6.45, 7) is 4.98. The van der Waals surface area contributed by atoms with Gasteiger partial charge in [0.25, 0.3) is 0 Å². The number of piperidine rings is 1. The lowest BCUT2D eigenvalue weighted by atomic mass is 9.87. The fraction of sp³-hybridized carbons (Fsp3) is 0.524. The van der Waals surface area contributed by atoms with Crippen LogP contribution in [0.5, 0.6) is 0 Å². The SMILES string of the molecule is COC(=O)C1C(OC(=O)c2ccccc2)CC2CCC1N2CC=C(C)C.Cl. The minimum atomic E-state index is -0.435. The molecule has 1 aromatic rings. The molecule has 27 heavy (non-hydrogen) atoms. The van der Waals surface area contributed by atoms with Gasteiger partial charge in [-0.3, -0.25) is 9.69 Å². The van der Waals surface area contributed by atoms with Gasteiger partial charge in [0.05, 0.1) is 12.7 Å². The zero-order chi connectivity index (χ0) is 18.7. The first-order chi connectivity index (χ1) is 12.5. The summed E-state index contributed by atoms with van der Waals surface area (Å²) in [5.74, 6) is -1.10. The lowest BCUT2D eigenvalue weighted by molar-refractivity contribution is -0.156. The van der Waals surface area contributed by atoms with Gasteiger partial charge in [-0.1, -0.05) is 29.8 Å². The molecule has 0 aromatic heterocycles. The summed E-state index contributed by atoms with van der Waals surface area (Å²) in [6, 6.07) is 9.33. The van der Waals surface area contributed by atoms with Gasteiger partial charge >= 0.3 is 11.9 Å². The van der Waals surface area contributed by atoms with E-state index in [4.69, 9.17) is 9.47 Å². The van der Waals surface area contributed by atoms with Crippen molar-refractivity contribution in [1.29, 1.82) is 0 Å². The summed E-state index contributed by atoms with van der Waals surface area (Å²) < 4.78 is 10.8. The highest BCUT2D eigenvalue weighted by molar-refractivity contribution is 5.89. The van der Waals surface area contributed by atoms with Crippen LogP contribution in [0.3, 0.4) is 0 Å². The Hall–Kier alpha value is -1.85. The van der Waals surface area contributed by atoms with E-state index in [-0.39, 0.29) is 30.4 Å². The van der Waals surface area contributed by atoms with Gasteiger partial charge in [-0.25, -0.2) is 4.79 Å². The molecule has 2 aliphatic heterocycles. The largest absolute Gasteiger partial charge is 0.469 e. The standard InChI is InChI=1S/C21H27NO4.ClH/c1-14(2)11-12-22-16-9-10-17(22)19(21(24)25-3)18(13-16)26-20(23)15-7-5-4-6-8-15;/h4-8,11,16-19H,9-10,12-13H2,1-3H3;1H. The van der Waals surface area contributed by atoms with E-state index in [1.165, 1.54) is 12.7 Å². The number of ether oxygens (including phenoxy) is 2. The molecule has 2 bridgehead atoms. The number of nitrogens with zero attached hydrogens (tertiary/aromatic N) is 1. The predicted octanol–water partition coefficient (Wildman–Crippen LogP) is 3.63. The van der Waals surface area contributed by atoms with Crippen LogP contribution < -0.4 is 0 Å². The van der Waals surface area contributed by atoms with Crippen molar-refractivity contribution in [2.75, 3.05) is 13.7 Å². The number of fused-ring (bicyclic) bond motifs is 2. The van der Waals surface area contributed by atoms with Gasteiger partial charge in [0, 0.05) is 25.0 Å². The van der Waals surface area contributed by atoms with E-state index < -0.39 is 12.0 Å². The number of rotatable bonds is 5. The van der Waals surface area contributed by atoms with Crippen molar-refractivity contribution in [3.05, 3.63) is 47.5 Å². The summed E-state index contributed by atoms with van der Waals surface area (Å²) in [7, 11) is 1.40. The molecule has 0 radical (unpaired) electrons. The van der Waals surface area contributed by atoms with Gasteiger partial charge < -0.3 is 9.47 Å². The number of halogens is 1. The third-order valence-corrected chi connectivity index (χ3v) is 5.46. The lowest BCUT2D eigenvalue weighted by Crippen LogP contribution is -2.55. The molecule has 2 saturated heterocycles. The first-order valence-corrected chi connectivity index (χ1v) is 9.24. The molecule has 0 spiro atoms. The first-order valence-electron chi connectivity index (χ1n) is 9.24. The molecule has 5 nitrogen and oxygen atoms in total. The Kier molecular flexibility index (Phi) is 7.45. The summed E-state index contributed by atoms with van der Waals surface area (Å²) in [4.78, 5) is 27.4. The predicted molar refractivity (Wildman–Crippen MR) is 106 cm³/mol. The molecule has 3 rings (SSSR count). The van der Waals surface area contributed by atoms with Crippen molar-refractivity contribution in [2.24, 2.45) is 5.92 Å². The molecule has 4 unspecified atom stereocenters. The molecular formula is C21H28ClNO4. The molecular weight excluding hydrogens is 366 g/mol. The molecule has 2 fully saturated rings. The second kappa shape index (κ2) is 9.38. The Balaban J connectivity index is 0.00000261. The topological polar surface area (TPSA) is 55.8 Å². The molecule has 6 heteroatoms. The molecule has 148 valence electrons. The Bertz CT molecular complexity index is 687. The van der Waals surface area contributed by atoms with Crippen LogP contribution >= 0.6 is 12.4 Å².